The summed E-state index contributed by atoms with van der Waals surface area (Å²) in [6.45, 7) is 2.84. The lowest BCUT2D eigenvalue weighted by Gasteiger charge is -2.57. The Labute approximate surface area is 182 Å². The highest BCUT2D eigenvalue weighted by Crippen LogP contribution is 2.42. The molecule has 5 rings (SSSR count). The largest absolute Gasteiger partial charge is 0.497 e. The monoisotopic (exact) mass is 426 g/mol. The van der Waals surface area contributed by atoms with Crippen LogP contribution in [0, 0.1) is 11.8 Å². The van der Waals surface area contributed by atoms with Gasteiger partial charge in [0.2, 0.25) is 0 Å². The Kier molecular flexibility index (Phi) is 5.41. The Hall–Kier alpha value is -2.12. The van der Waals surface area contributed by atoms with Crippen LogP contribution in [0.5, 0.6) is 5.75 Å². The molecule has 0 spiro atoms. The first-order valence-corrected chi connectivity index (χ1v) is 11.9. The summed E-state index contributed by atoms with van der Waals surface area (Å²) in [4.78, 5) is 22.2. The van der Waals surface area contributed by atoms with Crippen LogP contribution in [0.4, 0.5) is 5.13 Å². The maximum Gasteiger partial charge on any atom is 0.273 e. The fraction of sp³-hybridized carbons (Fsp3) is 0.565. The zero-order chi connectivity index (χ0) is 20.7. The summed E-state index contributed by atoms with van der Waals surface area (Å²) >= 11 is 1.34. The Morgan fingerprint density at radius 2 is 2.17 bits per heavy atom. The van der Waals surface area contributed by atoms with Crippen LogP contribution in [0.15, 0.2) is 29.6 Å². The number of anilines is 1. The van der Waals surface area contributed by atoms with Crippen LogP contribution in [-0.4, -0.2) is 59.5 Å². The highest BCUT2D eigenvalue weighted by Gasteiger charge is 2.48. The molecule has 0 aliphatic carbocycles. The Balaban J connectivity index is 1.41. The molecule has 2 bridgehead atoms. The fourth-order valence-electron chi connectivity index (χ4n) is 5.94. The molecular weight excluding hydrogens is 396 g/mol. The number of methoxy groups -OCH3 is 1. The lowest BCUT2D eigenvalue weighted by Crippen LogP contribution is -2.64. The van der Waals surface area contributed by atoms with Crippen molar-refractivity contribution in [2.45, 2.75) is 44.2 Å². The maximum atomic E-state index is 13.1. The van der Waals surface area contributed by atoms with E-state index < -0.39 is 0 Å². The van der Waals surface area contributed by atoms with Gasteiger partial charge in [0.1, 0.15) is 11.4 Å². The second-order valence-corrected chi connectivity index (χ2v) is 9.85. The van der Waals surface area contributed by atoms with Crippen molar-refractivity contribution in [1.82, 2.24) is 14.8 Å². The third kappa shape index (κ3) is 3.69. The van der Waals surface area contributed by atoms with E-state index in [2.05, 4.69) is 33.0 Å². The second-order valence-electron chi connectivity index (χ2n) is 8.96. The van der Waals surface area contributed by atoms with Crippen molar-refractivity contribution in [1.29, 1.82) is 0 Å². The number of fused-ring (bicyclic) bond motifs is 4. The minimum Gasteiger partial charge on any atom is -0.497 e. The van der Waals surface area contributed by atoms with Crippen LogP contribution in [0.25, 0.3) is 0 Å². The quantitative estimate of drug-likeness (QED) is 0.812. The van der Waals surface area contributed by atoms with Crippen LogP contribution < -0.4 is 10.5 Å². The number of carbonyl (C=O) groups excluding carboxylic acids is 1. The molecule has 1 aromatic carbocycles. The van der Waals surface area contributed by atoms with E-state index in [4.69, 9.17) is 10.5 Å². The number of nitrogen functional groups attached to an aromatic ring is 1. The molecule has 0 saturated carbocycles. The average molecular weight is 427 g/mol. The third-order valence-electron chi connectivity index (χ3n) is 7.23. The average Bonchev–Trinajstić information content (AvgIpc) is 3.22. The predicted octanol–water partition coefficient (Wildman–Crippen LogP) is 3.29. The Bertz CT molecular complexity index is 916. The number of piperidine rings is 3. The van der Waals surface area contributed by atoms with Gasteiger partial charge in [0.15, 0.2) is 5.13 Å². The van der Waals surface area contributed by atoms with E-state index in [1.165, 1.54) is 49.1 Å². The second kappa shape index (κ2) is 8.19. The molecule has 160 valence electrons. The van der Waals surface area contributed by atoms with Crippen LogP contribution in [-0.2, 0) is 6.42 Å². The first-order valence-electron chi connectivity index (χ1n) is 11.0. The molecule has 2 aromatic rings. The molecule has 3 saturated heterocycles. The molecule has 4 heterocycles. The van der Waals surface area contributed by atoms with Crippen molar-refractivity contribution in [3.8, 4) is 5.75 Å². The first kappa shape index (κ1) is 19.8. The molecule has 2 N–H and O–H groups in total. The van der Waals surface area contributed by atoms with Gasteiger partial charge in [-0.05, 0) is 61.8 Å². The van der Waals surface area contributed by atoms with Gasteiger partial charge in [-0.15, -0.1) is 11.3 Å². The van der Waals surface area contributed by atoms with E-state index in [9.17, 15) is 4.79 Å². The molecule has 0 unspecified atom stereocenters. The standard InChI is InChI=1S/C23H30N4O2S/c1-29-18-6-4-5-15(9-18)10-21-17-11-16(20-7-2-3-8-27(20)21)12-26(13-17)22(28)19-14-30-23(24)25-19/h4-6,9,14,16-17,20-21H,2-3,7-8,10-13H2,1H3,(H2,24,25)/t16-,17+,20+,21+/m1/s1. The van der Waals surface area contributed by atoms with E-state index in [0.717, 1.165) is 25.3 Å². The van der Waals surface area contributed by atoms with Crippen LogP contribution in [0.2, 0.25) is 0 Å². The minimum atomic E-state index is 0.0436. The molecule has 0 radical (unpaired) electrons. The van der Waals surface area contributed by atoms with Gasteiger partial charge in [0.05, 0.1) is 7.11 Å². The number of nitrogens with zero attached hydrogens (tertiary/aromatic N) is 3. The number of thiazole rings is 1. The van der Waals surface area contributed by atoms with E-state index in [1.54, 1.807) is 12.5 Å². The summed E-state index contributed by atoms with van der Waals surface area (Å²) in [7, 11) is 1.72. The molecular formula is C23H30N4O2S. The normalized spacial score (nSPS) is 28.8. The van der Waals surface area contributed by atoms with Crippen LogP contribution in [0.1, 0.15) is 41.7 Å². The van der Waals surface area contributed by atoms with Crippen LogP contribution >= 0.6 is 11.3 Å². The number of hydrogen-bond donors (Lipinski definition) is 1. The summed E-state index contributed by atoms with van der Waals surface area (Å²) in [5.74, 6) is 2.01. The van der Waals surface area contributed by atoms with E-state index in [1.807, 2.05) is 6.07 Å². The number of likely N-dealkylation sites (tertiary alicyclic amines) is 1. The van der Waals surface area contributed by atoms with Gasteiger partial charge in [-0.1, -0.05) is 18.6 Å². The number of amides is 1. The summed E-state index contributed by atoms with van der Waals surface area (Å²) in [5.41, 5.74) is 7.60. The lowest BCUT2D eigenvalue weighted by atomic mass is 9.71. The highest BCUT2D eigenvalue weighted by atomic mass is 32.1. The number of nitrogens with two attached hydrogens (primary N) is 1. The van der Waals surface area contributed by atoms with Gasteiger partial charge in [-0.3, -0.25) is 9.69 Å². The van der Waals surface area contributed by atoms with E-state index in [0.29, 0.717) is 34.7 Å². The lowest BCUT2D eigenvalue weighted by molar-refractivity contribution is -0.0643. The SMILES string of the molecule is COc1cccc(C[C@H]2[C@H]3C[C@H](CN(C(=O)c4csc(N)n4)C3)[C@@H]3CCCCN32)c1. The zero-order valence-corrected chi connectivity index (χ0v) is 18.3. The number of benzene rings is 1. The number of hydrogen-bond acceptors (Lipinski definition) is 6. The summed E-state index contributed by atoms with van der Waals surface area (Å²) in [6.07, 6.45) is 6.06. The molecule has 4 atom stereocenters. The number of ether oxygens (including phenoxy) is 1. The zero-order valence-electron chi connectivity index (χ0n) is 17.5. The summed E-state index contributed by atoms with van der Waals surface area (Å²) in [6, 6.07) is 9.50. The number of carbonyl (C=O) groups is 1. The number of aromatic nitrogens is 1. The molecule has 30 heavy (non-hydrogen) atoms. The van der Waals surface area contributed by atoms with Crippen molar-refractivity contribution >= 4 is 22.4 Å². The Morgan fingerprint density at radius 1 is 1.30 bits per heavy atom. The van der Waals surface area contributed by atoms with Gasteiger partial charge in [-0.2, -0.15) is 0 Å². The molecule has 1 aromatic heterocycles. The summed E-state index contributed by atoms with van der Waals surface area (Å²) < 4.78 is 5.45. The predicted molar refractivity (Wildman–Crippen MR) is 119 cm³/mol. The van der Waals surface area contributed by atoms with Gasteiger partial charge in [0.25, 0.3) is 5.91 Å². The smallest absolute Gasteiger partial charge is 0.273 e. The molecule has 6 nitrogen and oxygen atoms in total. The maximum absolute atomic E-state index is 13.1. The van der Waals surface area contributed by atoms with Crippen molar-refractivity contribution in [3.05, 3.63) is 40.9 Å². The Morgan fingerprint density at radius 3 is 2.97 bits per heavy atom. The fourth-order valence-corrected chi connectivity index (χ4v) is 6.48. The molecule has 7 heteroatoms. The third-order valence-corrected chi connectivity index (χ3v) is 7.90. The van der Waals surface area contributed by atoms with Crippen molar-refractivity contribution < 1.29 is 9.53 Å². The van der Waals surface area contributed by atoms with Crippen molar-refractivity contribution in [2.75, 3.05) is 32.5 Å². The molecule has 1 amide bonds. The topological polar surface area (TPSA) is 71.7 Å². The highest BCUT2D eigenvalue weighted by molar-refractivity contribution is 7.13. The van der Waals surface area contributed by atoms with Gasteiger partial charge < -0.3 is 15.4 Å². The van der Waals surface area contributed by atoms with Gasteiger partial charge >= 0.3 is 0 Å². The van der Waals surface area contributed by atoms with E-state index >= 15 is 0 Å². The molecule has 3 aliphatic rings. The van der Waals surface area contributed by atoms with Gasteiger partial charge in [-0.25, -0.2) is 4.98 Å². The van der Waals surface area contributed by atoms with Crippen molar-refractivity contribution in [3.63, 3.8) is 0 Å². The molecule has 3 fully saturated rings. The van der Waals surface area contributed by atoms with E-state index in [-0.39, 0.29) is 5.91 Å². The first-order chi connectivity index (χ1) is 14.6. The summed E-state index contributed by atoms with van der Waals surface area (Å²) in [5, 5.41) is 2.26. The van der Waals surface area contributed by atoms with Crippen LogP contribution in [0.3, 0.4) is 0 Å². The number of rotatable bonds is 4. The molecule has 3 aliphatic heterocycles. The van der Waals surface area contributed by atoms with Gasteiger partial charge in [0, 0.05) is 30.6 Å². The van der Waals surface area contributed by atoms with Crippen molar-refractivity contribution in [2.24, 2.45) is 11.8 Å². The minimum absolute atomic E-state index is 0.0436.